The van der Waals surface area contributed by atoms with Crippen LogP contribution in [0.5, 0.6) is 0 Å². The molecule has 2 aliphatic rings. The van der Waals surface area contributed by atoms with Gasteiger partial charge in [-0.15, -0.1) is 0 Å². The first-order valence-corrected chi connectivity index (χ1v) is 5.46. The van der Waals surface area contributed by atoms with Crippen molar-refractivity contribution in [2.24, 2.45) is 0 Å². The molecule has 0 spiro atoms. The molecule has 0 amide bonds. The summed E-state index contributed by atoms with van der Waals surface area (Å²) in [5.41, 5.74) is 0. The van der Waals surface area contributed by atoms with Crippen molar-refractivity contribution in [2.75, 3.05) is 26.2 Å². The SMILES string of the molecule is C1CCN(N2CCCCC2)CC1.O.O. The van der Waals surface area contributed by atoms with Crippen LogP contribution >= 0.6 is 0 Å². The van der Waals surface area contributed by atoms with Gasteiger partial charge in [0, 0.05) is 26.2 Å². The van der Waals surface area contributed by atoms with E-state index in [4.69, 9.17) is 0 Å². The van der Waals surface area contributed by atoms with Gasteiger partial charge < -0.3 is 11.0 Å². The Morgan fingerprint density at radius 2 is 0.714 bits per heavy atom. The fraction of sp³-hybridized carbons (Fsp3) is 1.00. The van der Waals surface area contributed by atoms with Crippen molar-refractivity contribution in [3.8, 4) is 0 Å². The van der Waals surface area contributed by atoms with Crippen LogP contribution < -0.4 is 0 Å². The van der Waals surface area contributed by atoms with E-state index in [1.807, 2.05) is 0 Å². The Morgan fingerprint density at radius 1 is 0.429 bits per heavy atom. The lowest BCUT2D eigenvalue weighted by Gasteiger charge is -2.39. The Labute approximate surface area is 86.5 Å². The van der Waals surface area contributed by atoms with Crippen molar-refractivity contribution in [3.05, 3.63) is 0 Å². The molecule has 0 unspecified atom stereocenters. The van der Waals surface area contributed by atoms with Crippen molar-refractivity contribution < 1.29 is 11.0 Å². The van der Waals surface area contributed by atoms with E-state index >= 15 is 0 Å². The minimum atomic E-state index is 0. The lowest BCUT2D eigenvalue weighted by Crippen LogP contribution is -2.47. The first-order chi connectivity index (χ1) is 5.97. The van der Waals surface area contributed by atoms with Gasteiger partial charge in [-0.3, -0.25) is 0 Å². The summed E-state index contributed by atoms with van der Waals surface area (Å²) in [6, 6.07) is 0. The Kier molecular flexibility index (Phi) is 7.09. The fourth-order valence-corrected chi connectivity index (χ4v) is 2.32. The number of rotatable bonds is 1. The molecule has 0 aromatic rings. The maximum absolute atomic E-state index is 2.59. The third-order valence-corrected chi connectivity index (χ3v) is 3.06. The predicted molar refractivity (Wildman–Crippen MR) is 58.1 cm³/mol. The molecular weight excluding hydrogens is 180 g/mol. The summed E-state index contributed by atoms with van der Waals surface area (Å²) in [4.78, 5) is 0. The van der Waals surface area contributed by atoms with E-state index in [9.17, 15) is 0 Å². The van der Waals surface area contributed by atoms with Crippen molar-refractivity contribution in [1.29, 1.82) is 0 Å². The number of hydrogen-bond acceptors (Lipinski definition) is 2. The molecule has 0 saturated carbocycles. The molecule has 0 atom stereocenters. The third kappa shape index (κ3) is 3.53. The molecule has 2 rings (SSSR count). The average Bonchev–Trinajstić information content (AvgIpc) is 2.21. The standard InChI is InChI=1S/C10H20N2.2H2O/c1-3-7-11(8-4-1)12-9-5-2-6-10-12;;/h1-10H2;2*1H2. The highest BCUT2D eigenvalue weighted by atomic mass is 16.0. The molecule has 0 aliphatic carbocycles. The molecule has 2 saturated heterocycles. The second kappa shape index (κ2) is 7.17. The van der Waals surface area contributed by atoms with Gasteiger partial charge in [0.1, 0.15) is 0 Å². The van der Waals surface area contributed by atoms with Crippen LogP contribution in [0.1, 0.15) is 38.5 Å². The molecule has 2 aliphatic heterocycles. The maximum Gasteiger partial charge on any atom is 0.0133 e. The van der Waals surface area contributed by atoms with Crippen LogP contribution in [0.4, 0.5) is 0 Å². The van der Waals surface area contributed by atoms with Gasteiger partial charge in [0.15, 0.2) is 0 Å². The molecule has 2 fully saturated rings. The zero-order valence-electron chi connectivity index (χ0n) is 8.97. The fourth-order valence-electron chi connectivity index (χ4n) is 2.32. The molecule has 2 heterocycles. The minimum absolute atomic E-state index is 0. The molecule has 86 valence electrons. The van der Waals surface area contributed by atoms with Crippen molar-refractivity contribution in [1.82, 2.24) is 10.0 Å². The normalized spacial score (nSPS) is 24.9. The van der Waals surface area contributed by atoms with Gasteiger partial charge in [0.05, 0.1) is 0 Å². The second-order valence-electron chi connectivity index (χ2n) is 4.03. The molecule has 4 nitrogen and oxygen atoms in total. The zero-order valence-corrected chi connectivity index (χ0v) is 8.97. The highest BCUT2D eigenvalue weighted by Crippen LogP contribution is 2.16. The van der Waals surface area contributed by atoms with E-state index in [0.29, 0.717) is 0 Å². The lowest BCUT2D eigenvalue weighted by molar-refractivity contribution is -0.0518. The highest BCUT2D eigenvalue weighted by Gasteiger charge is 2.19. The molecule has 0 radical (unpaired) electrons. The van der Waals surface area contributed by atoms with Crippen LogP contribution in [0.25, 0.3) is 0 Å². The van der Waals surface area contributed by atoms with Crippen LogP contribution in [0.3, 0.4) is 0 Å². The van der Waals surface area contributed by atoms with Gasteiger partial charge in [-0.1, -0.05) is 12.8 Å². The van der Waals surface area contributed by atoms with Crippen LogP contribution in [0.2, 0.25) is 0 Å². The monoisotopic (exact) mass is 204 g/mol. The van der Waals surface area contributed by atoms with E-state index in [2.05, 4.69) is 10.0 Å². The molecule has 14 heavy (non-hydrogen) atoms. The van der Waals surface area contributed by atoms with E-state index in [1.54, 1.807) is 0 Å². The summed E-state index contributed by atoms with van der Waals surface area (Å²) in [5.74, 6) is 0. The van der Waals surface area contributed by atoms with Crippen molar-refractivity contribution >= 4 is 0 Å². The van der Waals surface area contributed by atoms with Gasteiger partial charge >= 0.3 is 0 Å². The minimum Gasteiger partial charge on any atom is -0.412 e. The van der Waals surface area contributed by atoms with Crippen molar-refractivity contribution in [2.45, 2.75) is 38.5 Å². The summed E-state index contributed by atoms with van der Waals surface area (Å²) < 4.78 is 0. The number of hydrogen-bond donors (Lipinski definition) is 0. The second-order valence-corrected chi connectivity index (χ2v) is 4.03. The quantitative estimate of drug-likeness (QED) is 0.613. The molecular formula is C10H24N2O2. The van der Waals surface area contributed by atoms with Gasteiger partial charge in [-0.2, -0.15) is 0 Å². The molecule has 4 heteroatoms. The number of nitrogens with zero attached hydrogens (tertiary/aromatic N) is 2. The first-order valence-electron chi connectivity index (χ1n) is 5.46. The van der Waals surface area contributed by atoms with Crippen LogP contribution in [-0.4, -0.2) is 47.1 Å². The smallest absolute Gasteiger partial charge is 0.0133 e. The van der Waals surface area contributed by atoms with Gasteiger partial charge in [0.2, 0.25) is 0 Å². The summed E-state index contributed by atoms with van der Waals surface area (Å²) in [5, 5.41) is 5.17. The number of piperidine rings is 2. The topological polar surface area (TPSA) is 69.5 Å². The van der Waals surface area contributed by atoms with E-state index in [1.165, 1.54) is 64.7 Å². The molecule has 0 aromatic heterocycles. The Balaban J connectivity index is 0.000000845. The summed E-state index contributed by atoms with van der Waals surface area (Å²) >= 11 is 0. The zero-order chi connectivity index (χ0) is 8.23. The van der Waals surface area contributed by atoms with Crippen LogP contribution in [0, 0.1) is 0 Å². The largest absolute Gasteiger partial charge is 0.412 e. The van der Waals surface area contributed by atoms with E-state index in [0.717, 1.165) is 0 Å². The van der Waals surface area contributed by atoms with Gasteiger partial charge in [-0.05, 0) is 25.7 Å². The summed E-state index contributed by atoms with van der Waals surface area (Å²) in [6.07, 6.45) is 8.55. The maximum atomic E-state index is 2.59. The van der Waals surface area contributed by atoms with Crippen molar-refractivity contribution in [3.63, 3.8) is 0 Å². The molecule has 0 bridgehead atoms. The molecule has 0 aromatic carbocycles. The Hall–Kier alpha value is -0.160. The summed E-state index contributed by atoms with van der Waals surface area (Å²) in [6.45, 7) is 5.28. The summed E-state index contributed by atoms with van der Waals surface area (Å²) in [7, 11) is 0. The number of hydrazine groups is 1. The molecule has 4 N–H and O–H groups in total. The first kappa shape index (κ1) is 13.8. The third-order valence-electron chi connectivity index (χ3n) is 3.06. The Morgan fingerprint density at radius 3 is 1.00 bits per heavy atom. The highest BCUT2D eigenvalue weighted by molar-refractivity contribution is 4.67. The van der Waals surface area contributed by atoms with E-state index < -0.39 is 0 Å². The van der Waals surface area contributed by atoms with E-state index in [-0.39, 0.29) is 11.0 Å². The van der Waals surface area contributed by atoms with Crippen LogP contribution in [0.15, 0.2) is 0 Å². The van der Waals surface area contributed by atoms with Gasteiger partial charge in [-0.25, -0.2) is 10.0 Å². The Bertz CT molecular complexity index is 116. The average molecular weight is 204 g/mol. The lowest BCUT2D eigenvalue weighted by atomic mass is 10.1. The van der Waals surface area contributed by atoms with Gasteiger partial charge in [0.25, 0.3) is 0 Å². The van der Waals surface area contributed by atoms with Crippen LogP contribution in [-0.2, 0) is 0 Å². The predicted octanol–water partition coefficient (Wildman–Crippen LogP) is 0.224.